The minimum atomic E-state index is -0.210. The molecule has 1 heterocycles. The van der Waals surface area contributed by atoms with Crippen LogP contribution in [-0.2, 0) is 13.0 Å². The molecular weight excluding hydrogens is 319 g/mol. The lowest BCUT2D eigenvalue weighted by Crippen LogP contribution is -2.43. The fourth-order valence-corrected chi connectivity index (χ4v) is 3.69. The summed E-state index contributed by atoms with van der Waals surface area (Å²) in [7, 11) is 3.28. The van der Waals surface area contributed by atoms with E-state index in [1.807, 2.05) is 25.1 Å². The molecule has 0 spiro atoms. The molecule has 0 saturated carbocycles. The Morgan fingerprint density at radius 3 is 2.56 bits per heavy atom. The molecule has 0 fully saturated rings. The van der Waals surface area contributed by atoms with E-state index < -0.39 is 0 Å². The molecule has 134 valence electrons. The normalized spacial score (nSPS) is 18.5. The summed E-state index contributed by atoms with van der Waals surface area (Å²) in [5.41, 5.74) is 9.68. The lowest BCUT2D eigenvalue weighted by Gasteiger charge is -2.40. The van der Waals surface area contributed by atoms with Gasteiger partial charge in [0.05, 0.1) is 20.3 Å². The Hall–Kier alpha value is -2.11. The van der Waals surface area contributed by atoms with Gasteiger partial charge < -0.3 is 15.2 Å². The Bertz CT molecular complexity index is 748. The van der Waals surface area contributed by atoms with Gasteiger partial charge in [0.15, 0.2) is 11.5 Å². The van der Waals surface area contributed by atoms with Crippen LogP contribution in [0.15, 0.2) is 36.4 Å². The first-order valence-electron chi connectivity index (χ1n) is 8.52. The molecule has 1 aliphatic rings. The minimum absolute atomic E-state index is 0.0480. The summed E-state index contributed by atoms with van der Waals surface area (Å²) in [4.78, 5) is 2.31. The molecule has 0 unspecified atom stereocenters. The SMILES string of the molecule is COc1cc2c(cc1OC)[C@H]([C@@H](C)N)N(Cc1cccc(F)c1)CC2. The quantitative estimate of drug-likeness (QED) is 0.904. The van der Waals surface area contributed by atoms with Crippen molar-refractivity contribution in [3.05, 3.63) is 58.9 Å². The Morgan fingerprint density at radius 2 is 1.92 bits per heavy atom. The van der Waals surface area contributed by atoms with Crippen LogP contribution in [0.4, 0.5) is 4.39 Å². The third-order valence-corrected chi connectivity index (χ3v) is 4.80. The molecule has 0 bridgehead atoms. The van der Waals surface area contributed by atoms with Gasteiger partial charge in [-0.1, -0.05) is 12.1 Å². The molecular formula is C20H25FN2O2. The van der Waals surface area contributed by atoms with Crippen molar-refractivity contribution in [2.75, 3.05) is 20.8 Å². The van der Waals surface area contributed by atoms with Crippen LogP contribution >= 0.6 is 0 Å². The Morgan fingerprint density at radius 1 is 1.20 bits per heavy atom. The van der Waals surface area contributed by atoms with Crippen molar-refractivity contribution < 1.29 is 13.9 Å². The number of halogens is 1. The van der Waals surface area contributed by atoms with Gasteiger partial charge in [0.1, 0.15) is 5.82 Å². The number of rotatable bonds is 5. The zero-order chi connectivity index (χ0) is 18.0. The number of hydrogen-bond acceptors (Lipinski definition) is 4. The second-order valence-electron chi connectivity index (χ2n) is 6.56. The van der Waals surface area contributed by atoms with Crippen molar-refractivity contribution in [1.29, 1.82) is 0 Å². The number of hydrogen-bond donors (Lipinski definition) is 1. The van der Waals surface area contributed by atoms with Crippen LogP contribution in [0.2, 0.25) is 0 Å². The number of benzene rings is 2. The van der Waals surface area contributed by atoms with Gasteiger partial charge in [-0.2, -0.15) is 0 Å². The molecule has 3 rings (SSSR count). The van der Waals surface area contributed by atoms with Crippen molar-refractivity contribution in [1.82, 2.24) is 4.90 Å². The van der Waals surface area contributed by atoms with Crippen LogP contribution in [-0.4, -0.2) is 31.7 Å². The topological polar surface area (TPSA) is 47.7 Å². The molecule has 1 aliphatic heterocycles. The number of nitrogens with zero attached hydrogens (tertiary/aromatic N) is 1. The van der Waals surface area contributed by atoms with E-state index in [1.165, 1.54) is 11.6 Å². The third kappa shape index (κ3) is 3.62. The highest BCUT2D eigenvalue weighted by Gasteiger charge is 2.31. The number of nitrogens with two attached hydrogens (primary N) is 1. The number of methoxy groups -OCH3 is 2. The van der Waals surface area contributed by atoms with Crippen molar-refractivity contribution >= 4 is 0 Å². The van der Waals surface area contributed by atoms with Gasteiger partial charge in [-0.05, 0) is 54.3 Å². The monoisotopic (exact) mass is 344 g/mol. The maximum atomic E-state index is 13.5. The first kappa shape index (κ1) is 17.7. The van der Waals surface area contributed by atoms with E-state index in [-0.39, 0.29) is 17.9 Å². The summed E-state index contributed by atoms with van der Waals surface area (Å²) in [6.45, 7) is 3.54. The Kier molecular flexibility index (Phi) is 5.25. The molecule has 0 aliphatic carbocycles. The lowest BCUT2D eigenvalue weighted by molar-refractivity contribution is 0.155. The molecule has 0 amide bonds. The second-order valence-corrected chi connectivity index (χ2v) is 6.56. The van der Waals surface area contributed by atoms with Crippen molar-refractivity contribution in [3.63, 3.8) is 0 Å². The van der Waals surface area contributed by atoms with Gasteiger partial charge in [-0.15, -0.1) is 0 Å². The van der Waals surface area contributed by atoms with Gasteiger partial charge in [0, 0.05) is 19.1 Å². The standard InChI is InChI=1S/C20H25FN2O2/c1-13(22)20-17-11-19(25-3)18(24-2)10-15(17)7-8-23(20)12-14-5-4-6-16(21)9-14/h4-6,9-11,13,20H,7-8,12,22H2,1-3H3/t13-,20+/m1/s1. The van der Waals surface area contributed by atoms with Crippen molar-refractivity contribution in [2.45, 2.75) is 32.0 Å². The summed E-state index contributed by atoms with van der Waals surface area (Å²) in [6.07, 6.45) is 0.897. The molecule has 5 heteroatoms. The molecule has 4 nitrogen and oxygen atoms in total. The van der Waals surface area contributed by atoms with Crippen molar-refractivity contribution in [3.8, 4) is 11.5 Å². The van der Waals surface area contributed by atoms with E-state index in [0.717, 1.165) is 29.8 Å². The van der Waals surface area contributed by atoms with E-state index >= 15 is 0 Å². The lowest BCUT2D eigenvalue weighted by atomic mass is 9.88. The predicted octanol–water partition coefficient (Wildman–Crippen LogP) is 3.29. The van der Waals surface area contributed by atoms with E-state index in [9.17, 15) is 4.39 Å². The molecule has 25 heavy (non-hydrogen) atoms. The Balaban J connectivity index is 1.96. The van der Waals surface area contributed by atoms with Crippen LogP contribution in [0.25, 0.3) is 0 Å². The fraction of sp³-hybridized carbons (Fsp3) is 0.400. The molecule has 2 N–H and O–H groups in total. The fourth-order valence-electron chi connectivity index (χ4n) is 3.69. The van der Waals surface area contributed by atoms with Gasteiger partial charge in [0.2, 0.25) is 0 Å². The molecule has 0 radical (unpaired) electrons. The summed E-state index contributed by atoms with van der Waals surface area (Å²) in [5.74, 6) is 1.24. The third-order valence-electron chi connectivity index (χ3n) is 4.80. The average molecular weight is 344 g/mol. The van der Waals surface area contributed by atoms with E-state index in [2.05, 4.69) is 4.90 Å². The zero-order valence-corrected chi connectivity index (χ0v) is 15.0. The van der Waals surface area contributed by atoms with Gasteiger partial charge >= 0.3 is 0 Å². The summed E-state index contributed by atoms with van der Waals surface area (Å²) < 4.78 is 24.4. The van der Waals surface area contributed by atoms with Crippen LogP contribution in [0.3, 0.4) is 0 Å². The van der Waals surface area contributed by atoms with Crippen LogP contribution in [0.1, 0.15) is 29.7 Å². The van der Waals surface area contributed by atoms with Gasteiger partial charge in [0.25, 0.3) is 0 Å². The minimum Gasteiger partial charge on any atom is -0.493 e. The molecule has 0 saturated heterocycles. The molecule has 2 atom stereocenters. The predicted molar refractivity (Wildman–Crippen MR) is 96.5 cm³/mol. The maximum absolute atomic E-state index is 13.5. The summed E-state index contributed by atoms with van der Waals surface area (Å²) in [5, 5.41) is 0. The smallest absolute Gasteiger partial charge is 0.161 e. The average Bonchev–Trinajstić information content (AvgIpc) is 2.60. The molecule has 2 aromatic rings. The highest BCUT2D eigenvalue weighted by molar-refractivity contribution is 5.49. The summed E-state index contributed by atoms with van der Waals surface area (Å²) >= 11 is 0. The first-order chi connectivity index (χ1) is 12.0. The molecule has 2 aromatic carbocycles. The zero-order valence-electron chi connectivity index (χ0n) is 15.0. The van der Waals surface area contributed by atoms with Crippen LogP contribution in [0, 0.1) is 5.82 Å². The summed E-state index contributed by atoms with van der Waals surface area (Å²) in [6, 6.07) is 10.8. The van der Waals surface area contributed by atoms with Crippen LogP contribution in [0.5, 0.6) is 11.5 Å². The van der Waals surface area contributed by atoms with Crippen LogP contribution < -0.4 is 15.2 Å². The van der Waals surface area contributed by atoms with E-state index in [4.69, 9.17) is 15.2 Å². The number of ether oxygens (including phenoxy) is 2. The first-order valence-corrected chi connectivity index (χ1v) is 8.52. The highest BCUT2D eigenvalue weighted by atomic mass is 19.1. The Labute approximate surface area is 148 Å². The maximum Gasteiger partial charge on any atom is 0.161 e. The second kappa shape index (κ2) is 7.42. The van der Waals surface area contributed by atoms with Gasteiger partial charge in [-0.25, -0.2) is 4.39 Å². The highest BCUT2D eigenvalue weighted by Crippen LogP contribution is 2.39. The largest absolute Gasteiger partial charge is 0.493 e. The van der Waals surface area contributed by atoms with Gasteiger partial charge in [-0.3, -0.25) is 4.90 Å². The van der Waals surface area contributed by atoms with E-state index in [0.29, 0.717) is 12.3 Å². The van der Waals surface area contributed by atoms with E-state index in [1.54, 1.807) is 26.4 Å². The molecule has 0 aromatic heterocycles. The number of fused-ring (bicyclic) bond motifs is 1. The van der Waals surface area contributed by atoms with Crippen molar-refractivity contribution in [2.24, 2.45) is 5.73 Å².